The van der Waals surface area contributed by atoms with Gasteiger partial charge in [0.1, 0.15) is 10.7 Å². The van der Waals surface area contributed by atoms with Gasteiger partial charge in [-0.05, 0) is 63.2 Å². The topological polar surface area (TPSA) is 44.8 Å². The van der Waals surface area contributed by atoms with Crippen molar-refractivity contribution < 1.29 is 9.53 Å². The van der Waals surface area contributed by atoms with Crippen LogP contribution in [0.4, 0.5) is 5.69 Å². The number of hydrogen-bond donors (Lipinski definition) is 1. The molecular formula is C23H29N3O2S. The van der Waals surface area contributed by atoms with Gasteiger partial charge in [0.05, 0.1) is 0 Å². The summed E-state index contributed by atoms with van der Waals surface area (Å²) in [6.07, 6.45) is 0. The van der Waals surface area contributed by atoms with Crippen LogP contribution in [-0.2, 0) is 4.79 Å². The second kappa shape index (κ2) is 9.37. The molecule has 1 aliphatic heterocycles. The lowest BCUT2D eigenvalue weighted by molar-refractivity contribution is -0.118. The van der Waals surface area contributed by atoms with Gasteiger partial charge < -0.3 is 19.9 Å². The van der Waals surface area contributed by atoms with Crippen molar-refractivity contribution in [1.82, 2.24) is 9.80 Å². The van der Waals surface area contributed by atoms with Crippen LogP contribution in [0.25, 0.3) is 0 Å². The van der Waals surface area contributed by atoms with Gasteiger partial charge in [-0.1, -0.05) is 29.9 Å². The van der Waals surface area contributed by atoms with E-state index in [0.717, 1.165) is 53.5 Å². The van der Waals surface area contributed by atoms with Crippen LogP contribution in [0.5, 0.6) is 5.75 Å². The minimum Gasteiger partial charge on any atom is -0.484 e. The molecule has 0 saturated carbocycles. The van der Waals surface area contributed by atoms with Crippen LogP contribution in [0.2, 0.25) is 0 Å². The molecule has 1 amide bonds. The van der Waals surface area contributed by atoms with Gasteiger partial charge >= 0.3 is 0 Å². The van der Waals surface area contributed by atoms with Gasteiger partial charge in [-0.25, -0.2) is 0 Å². The Hall–Kier alpha value is -2.44. The molecule has 154 valence electrons. The lowest BCUT2D eigenvalue weighted by Gasteiger charge is -2.34. The molecule has 0 unspecified atom stereocenters. The number of amides is 1. The largest absolute Gasteiger partial charge is 0.484 e. The first-order chi connectivity index (χ1) is 13.8. The third-order valence-electron chi connectivity index (χ3n) is 5.20. The molecule has 0 atom stereocenters. The number of thiocarbonyl (C=S) groups is 1. The number of hydrogen-bond acceptors (Lipinski definition) is 4. The molecule has 1 saturated heterocycles. The van der Waals surface area contributed by atoms with Gasteiger partial charge in [-0.15, -0.1) is 0 Å². The van der Waals surface area contributed by atoms with E-state index < -0.39 is 0 Å². The first-order valence-corrected chi connectivity index (χ1v) is 10.3. The van der Waals surface area contributed by atoms with Gasteiger partial charge in [-0.2, -0.15) is 0 Å². The number of rotatable bonds is 5. The van der Waals surface area contributed by atoms with Crippen LogP contribution in [0.15, 0.2) is 36.4 Å². The van der Waals surface area contributed by atoms with Gasteiger partial charge in [0, 0.05) is 37.4 Å². The average molecular weight is 412 g/mol. The summed E-state index contributed by atoms with van der Waals surface area (Å²) in [5, 5.41) is 2.96. The molecule has 1 aliphatic rings. The monoisotopic (exact) mass is 411 g/mol. The summed E-state index contributed by atoms with van der Waals surface area (Å²) in [6, 6.07) is 11.8. The van der Waals surface area contributed by atoms with Crippen molar-refractivity contribution in [1.29, 1.82) is 0 Å². The lowest BCUT2D eigenvalue weighted by Crippen LogP contribution is -2.46. The van der Waals surface area contributed by atoms with Crippen molar-refractivity contribution in [2.24, 2.45) is 0 Å². The molecule has 0 spiro atoms. The molecule has 1 fully saturated rings. The Morgan fingerprint density at radius 3 is 2.21 bits per heavy atom. The summed E-state index contributed by atoms with van der Waals surface area (Å²) in [4.78, 5) is 17.7. The van der Waals surface area contributed by atoms with E-state index in [0.29, 0.717) is 5.75 Å². The third kappa shape index (κ3) is 5.55. The molecule has 0 bridgehead atoms. The molecule has 6 heteroatoms. The van der Waals surface area contributed by atoms with E-state index in [2.05, 4.69) is 34.3 Å². The van der Waals surface area contributed by atoms with Crippen LogP contribution in [0.1, 0.15) is 22.3 Å². The zero-order valence-corrected chi connectivity index (χ0v) is 18.4. The molecule has 3 rings (SSSR count). The molecule has 1 N–H and O–H groups in total. The smallest absolute Gasteiger partial charge is 0.262 e. The second-order valence-corrected chi connectivity index (χ2v) is 8.12. The second-order valence-electron chi connectivity index (χ2n) is 7.73. The number of benzene rings is 2. The number of piperazine rings is 1. The van der Waals surface area contributed by atoms with Gasteiger partial charge in [0.2, 0.25) is 0 Å². The summed E-state index contributed by atoms with van der Waals surface area (Å²) in [5.74, 6) is 0.486. The van der Waals surface area contributed by atoms with Crippen LogP contribution in [0, 0.1) is 20.8 Å². The summed E-state index contributed by atoms with van der Waals surface area (Å²) >= 11 is 5.64. The Kier molecular flexibility index (Phi) is 6.87. The number of likely N-dealkylation sites (N-methyl/N-ethyl adjacent to an activating group) is 1. The fraction of sp³-hybridized carbons (Fsp3) is 0.391. The fourth-order valence-electron chi connectivity index (χ4n) is 3.59. The van der Waals surface area contributed by atoms with Crippen LogP contribution < -0.4 is 10.1 Å². The van der Waals surface area contributed by atoms with Crippen molar-refractivity contribution >= 4 is 28.8 Å². The minimum atomic E-state index is -0.169. The number of carbonyl (C=O) groups is 1. The van der Waals surface area contributed by atoms with Crippen molar-refractivity contribution in [3.63, 3.8) is 0 Å². The highest BCUT2D eigenvalue weighted by Crippen LogP contribution is 2.22. The Balaban J connectivity index is 1.54. The predicted octanol–water partition coefficient (Wildman–Crippen LogP) is 3.55. The normalized spacial score (nSPS) is 14.6. The Morgan fingerprint density at radius 2 is 1.62 bits per heavy atom. The quantitative estimate of drug-likeness (QED) is 0.763. The zero-order chi connectivity index (χ0) is 21.0. The zero-order valence-electron chi connectivity index (χ0n) is 17.6. The van der Waals surface area contributed by atoms with Crippen LogP contribution in [0.3, 0.4) is 0 Å². The van der Waals surface area contributed by atoms with Gasteiger partial charge in [-0.3, -0.25) is 4.79 Å². The van der Waals surface area contributed by atoms with Crippen molar-refractivity contribution in [3.05, 3.63) is 58.7 Å². The fourth-order valence-corrected chi connectivity index (χ4v) is 3.91. The highest BCUT2D eigenvalue weighted by molar-refractivity contribution is 7.80. The average Bonchev–Trinajstić information content (AvgIpc) is 2.69. The highest BCUT2D eigenvalue weighted by atomic mass is 32.1. The van der Waals surface area contributed by atoms with E-state index >= 15 is 0 Å². The molecule has 0 aliphatic carbocycles. The minimum absolute atomic E-state index is 0.0327. The summed E-state index contributed by atoms with van der Waals surface area (Å²) in [7, 11) is 2.13. The van der Waals surface area contributed by atoms with Gasteiger partial charge in [0.15, 0.2) is 6.61 Å². The summed E-state index contributed by atoms with van der Waals surface area (Å²) in [5.41, 5.74) is 5.16. The number of nitrogens with one attached hydrogen (secondary N) is 1. The Morgan fingerprint density at radius 1 is 1.03 bits per heavy atom. The molecule has 2 aromatic carbocycles. The van der Waals surface area contributed by atoms with Gasteiger partial charge in [0.25, 0.3) is 5.91 Å². The van der Waals surface area contributed by atoms with Crippen molar-refractivity contribution in [2.45, 2.75) is 20.8 Å². The maximum atomic E-state index is 12.3. The Bertz CT molecular complexity index is 864. The number of ether oxygens (including phenoxy) is 1. The SMILES string of the molecule is Cc1cc(C)c(NC(=O)COc2ccc(C(=S)N3CCN(C)CC3)cc2)c(C)c1. The molecule has 29 heavy (non-hydrogen) atoms. The highest BCUT2D eigenvalue weighted by Gasteiger charge is 2.17. The molecule has 0 radical (unpaired) electrons. The van der Waals surface area contributed by atoms with Crippen LogP contribution in [-0.4, -0.2) is 60.5 Å². The number of nitrogens with zero attached hydrogens (tertiary/aromatic N) is 2. The Labute approximate surface area is 178 Å². The first-order valence-electron chi connectivity index (χ1n) is 9.92. The third-order valence-corrected chi connectivity index (χ3v) is 5.70. The lowest BCUT2D eigenvalue weighted by atomic mass is 10.1. The maximum absolute atomic E-state index is 12.3. The summed E-state index contributed by atoms with van der Waals surface area (Å²) < 4.78 is 5.66. The van der Waals surface area contributed by atoms with E-state index in [-0.39, 0.29) is 12.5 Å². The van der Waals surface area contributed by atoms with Crippen molar-refractivity contribution in [2.75, 3.05) is 45.2 Å². The molecule has 2 aromatic rings. The predicted molar refractivity (Wildman–Crippen MR) is 122 cm³/mol. The first kappa shape index (κ1) is 21.3. The van der Waals surface area contributed by atoms with Crippen molar-refractivity contribution in [3.8, 4) is 5.75 Å². The number of anilines is 1. The number of aryl methyl sites for hydroxylation is 3. The summed E-state index contributed by atoms with van der Waals surface area (Å²) in [6.45, 7) is 9.96. The standard InChI is InChI=1S/C23H29N3O2S/c1-16-13-17(2)22(18(3)14-16)24-21(27)15-28-20-7-5-19(6-8-20)23(29)26-11-9-25(4)10-12-26/h5-8,13-14H,9-12,15H2,1-4H3,(H,24,27). The van der Waals surface area contributed by atoms with E-state index in [1.807, 2.05) is 45.0 Å². The van der Waals surface area contributed by atoms with E-state index in [1.54, 1.807) is 0 Å². The number of carbonyl (C=O) groups excluding carboxylic acids is 1. The molecular weight excluding hydrogens is 382 g/mol. The van der Waals surface area contributed by atoms with E-state index in [1.165, 1.54) is 5.56 Å². The van der Waals surface area contributed by atoms with E-state index in [4.69, 9.17) is 17.0 Å². The molecule has 5 nitrogen and oxygen atoms in total. The molecule has 1 heterocycles. The van der Waals surface area contributed by atoms with Crippen LogP contribution >= 0.6 is 12.2 Å². The maximum Gasteiger partial charge on any atom is 0.262 e. The molecule has 0 aromatic heterocycles. The van der Waals surface area contributed by atoms with E-state index in [9.17, 15) is 4.79 Å².